The van der Waals surface area contributed by atoms with Gasteiger partial charge in [-0.05, 0) is 12.8 Å². The predicted octanol–water partition coefficient (Wildman–Crippen LogP) is 2.44. The van der Waals surface area contributed by atoms with E-state index in [4.69, 9.17) is 0 Å². The highest BCUT2D eigenvalue weighted by Crippen LogP contribution is 2.26. The van der Waals surface area contributed by atoms with Crippen molar-refractivity contribution in [1.82, 2.24) is 24.6 Å². The number of carbonyl (C=O) groups is 1. The van der Waals surface area contributed by atoms with Gasteiger partial charge >= 0.3 is 0 Å². The maximum Gasteiger partial charge on any atom is 0.228 e. The number of nitrogens with zero attached hydrogens (tertiary/aromatic N) is 5. The monoisotopic (exact) mass is 333 g/mol. The van der Waals surface area contributed by atoms with Gasteiger partial charge in [-0.25, -0.2) is 14.6 Å². The summed E-state index contributed by atoms with van der Waals surface area (Å²) in [4.78, 5) is 23.2. The van der Waals surface area contributed by atoms with E-state index in [1.807, 2.05) is 15.0 Å². The van der Waals surface area contributed by atoms with E-state index >= 15 is 0 Å². The number of piperidine rings is 1. The van der Waals surface area contributed by atoms with Gasteiger partial charge < -0.3 is 4.90 Å². The normalized spacial score (nSPS) is 19.1. The smallest absolute Gasteiger partial charge is 0.228 e. The lowest BCUT2D eigenvalue weighted by atomic mass is 9.98. The zero-order valence-electron chi connectivity index (χ0n) is 13.9. The Morgan fingerprint density at radius 3 is 2.91 bits per heavy atom. The van der Waals surface area contributed by atoms with Crippen molar-refractivity contribution in [1.29, 1.82) is 0 Å². The van der Waals surface area contributed by atoms with Crippen molar-refractivity contribution < 1.29 is 4.79 Å². The summed E-state index contributed by atoms with van der Waals surface area (Å²) < 4.78 is 1.86. The summed E-state index contributed by atoms with van der Waals surface area (Å²) in [5.74, 6) is 0.153. The molecule has 2 aromatic rings. The zero-order valence-corrected chi connectivity index (χ0v) is 14.7. The first kappa shape index (κ1) is 16.1. The number of carbonyl (C=O) groups excluding carboxylic acids is 1. The Kier molecular flexibility index (Phi) is 4.48. The third-order valence-corrected chi connectivity index (χ3v) is 5.40. The molecule has 1 saturated heterocycles. The summed E-state index contributed by atoms with van der Waals surface area (Å²) >= 11 is 1.64. The van der Waals surface area contributed by atoms with Crippen LogP contribution in [0.2, 0.25) is 0 Å². The molecule has 0 spiro atoms. The van der Waals surface area contributed by atoms with Crippen LogP contribution in [0.4, 0.5) is 0 Å². The molecule has 0 saturated carbocycles. The molecule has 0 radical (unpaired) electrons. The fraction of sp³-hybridized carbons (Fsp3) is 0.625. The number of likely N-dealkylation sites (tertiary alicyclic amines) is 1. The summed E-state index contributed by atoms with van der Waals surface area (Å²) in [6.45, 7) is 7.96. The Morgan fingerprint density at radius 1 is 1.43 bits per heavy atom. The van der Waals surface area contributed by atoms with Crippen LogP contribution in [-0.2, 0) is 16.6 Å². The van der Waals surface area contributed by atoms with Gasteiger partial charge in [-0.15, -0.1) is 11.3 Å². The maximum absolute atomic E-state index is 12.6. The van der Waals surface area contributed by atoms with Gasteiger partial charge in [-0.3, -0.25) is 4.79 Å². The summed E-state index contributed by atoms with van der Waals surface area (Å²) in [5.41, 5.74) is 0.919. The molecule has 3 heterocycles. The number of aromatic nitrogens is 4. The van der Waals surface area contributed by atoms with Crippen molar-refractivity contribution in [2.24, 2.45) is 0 Å². The molecule has 0 unspecified atom stereocenters. The highest BCUT2D eigenvalue weighted by Gasteiger charge is 2.26. The minimum absolute atomic E-state index is 0.0370. The molecule has 1 amide bonds. The molecule has 2 aromatic heterocycles. The highest BCUT2D eigenvalue weighted by molar-refractivity contribution is 7.09. The number of hydrogen-bond donors (Lipinski definition) is 0. The fourth-order valence-corrected chi connectivity index (χ4v) is 3.71. The molecule has 7 heteroatoms. The summed E-state index contributed by atoms with van der Waals surface area (Å²) in [7, 11) is 0. The summed E-state index contributed by atoms with van der Waals surface area (Å²) in [6, 6.07) is 0.232. The van der Waals surface area contributed by atoms with Crippen molar-refractivity contribution in [3.05, 3.63) is 28.7 Å². The van der Waals surface area contributed by atoms with Crippen molar-refractivity contribution >= 4 is 17.2 Å². The van der Waals surface area contributed by atoms with Crippen LogP contribution in [0.15, 0.2) is 18.0 Å². The molecule has 0 aliphatic carbocycles. The average Bonchev–Trinajstić information content (AvgIpc) is 3.18. The fourth-order valence-electron chi connectivity index (χ4n) is 2.80. The molecule has 0 aromatic carbocycles. The quantitative estimate of drug-likeness (QED) is 0.865. The molecule has 3 rings (SSSR count). The molecule has 1 aliphatic heterocycles. The van der Waals surface area contributed by atoms with Crippen LogP contribution >= 0.6 is 11.3 Å². The van der Waals surface area contributed by atoms with Crippen molar-refractivity contribution in [3.63, 3.8) is 0 Å². The van der Waals surface area contributed by atoms with E-state index < -0.39 is 0 Å². The second-order valence-corrected chi connectivity index (χ2v) is 7.94. The van der Waals surface area contributed by atoms with Crippen LogP contribution < -0.4 is 0 Å². The largest absolute Gasteiger partial charge is 0.340 e. The van der Waals surface area contributed by atoms with Gasteiger partial charge in [0.2, 0.25) is 5.91 Å². The third kappa shape index (κ3) is 3.77. The molecule has 1 aliphatic rings. The van der Waals surface area contributed by atoms with Crippen LogP contribution in [0.3, 0.4) is 0 Å². The van der Waals surface area contributed by atoms with Crippen molar-refractivity contribution in [2.75, 3.05) is 13.1 Å². The first-order chi connectivity index (χ1) is 10.9. The lowest BCUT2D eigenvalue weighted by molar-refractivity contribution is -0.132. The Labute approximate surface area is 140 Å². The molecular weight excluding hydrogens is 310 g/mol. The Hall–Kier alpha value is -1.76. The first-order valence-corrected chi connectivity index (χ1v) is 8.88. The molecular formula is C16H23N5OS. The van der Waals surface area contributed by atoms with Crippen LogP contribution in [0.5, 0.6) is 0 Å². The molecule has 6 nitrogen and oxygen atoms in total. The number of rotatable bonds is 3. The molecule has 0 bridgehead atoms. The van der Waals surface area contributed by atoms with Crippen LogP contribution in [0.1, 0.15) is 50.4 Å². The Morgan fingerprint density at radius 2 is 2.26 bits per heavy atom. The van der Waals surface area contributed by atoms with Crippen molar-refractivity contribution in [3.8, 4) is 0 Å². The van der Waals surface area contributed by atoms with Crippen molar-refractivity contribution in [2.45, 2.75) is 51.5 Å². The van der Waals surface area contributed by atoms with E-state index in [0.717, 1.165) is 30.1 Å². The molecule has 1 atom stereocenters. The van der Waals surface area contributed by atoms with Crippen LogP contribution in [0, 0.1) is 0 Å². The third-order valence-electron chi connectivity index (χ3n) is 4.09. The van der Waals surface area contributed by atoms with Gasteiger partial charge in [0.25, 0.3) is 0 Å². The van der Waals surface area contributed by atoms with Gasteiger partial charge in [0.15, 0.2) is 0 Å². The minimum Gasteiger partial charge on any atom is -0.340 e. The van der Waals surface area contributed by atoms with Gasteiger partial charge in [0, 0.05) is 23.9 Å². The first-order valence-electron chi connectivity index (χ1n) is 8.00. The van der Waals surface area contributed by atoms with Gasteiger partial charge in [0.1, 0.15) is 12.7 Å². The number of hydrogen-bond acceptors (Lipinski definition) is 5. The van der Waals surface area contributed by atoms with E-state index in [1.54, 1.807) is 24.0 Å². The van der Waals surface area contributed by atoms with E-state index in [1.165, 1.54) is 0 Å². The second kappa shape index (κ2) is 6.39. The summed E-state index contributed by atoms with van der Waals surface area (Å²) in [5, 5.41) is 7.30. The van der Waals surface area contributed by atoms with Gasteiger partial charge in [-0.2, -0.15) is 5.10 Å². The second-order valence-electron chi connectivity index (χ2n) is 7.08. The van der Waals surface area contributed by atoms with Crippen LogP contribution in [0.25, 0.3) is 0 Å². The standard InChI is InChI=1S/C16H23N5OS/c1-16(2,3)15-19-12(9-23-15)7-14(22)20-6-4-5-13(8-20)21-11-17-10-18-21/h9-11,13H,4-8H2,1-3H3/t13-/m0/s1. The molecule has 0 N–H and O–H groups in total. The van der Waals surface area contributed by atoms with E-state index in [9.17, 15) is 4.79 Å². The Bertz CT molecular complexity index is 658. The average molecular weight is 333 g/mol. The zero-order chi connectivity index (χ0) is 16.4. The minimum atomic E-state index is 0.0370. The topological polar surface area (TPSA) is 63.9 Å². The van der Waals surface area contributed by atoms with Gasteiger partial charge in [-0.1, -0.05) is 20.8 Å². The number of amides is 1. The predicted molar refractivity (Wildman–Crippen MR) is 89.4 cm³/mol. The SMILES string of the molecule is CC(C)(C)c1nc(CC(=O)N2CCC[C@H](n3cncn3)C2)cs1. The lowest BCUT2D eigenvalue weighted by Crippen LogP contribution is -2.41. The van der Waals surface area contributed by atoms with Crippen LogP contribution in [-0.4, -0.2) is 43.6 Å². The summed E-state index contributed by atoms with van der Waals surface area (Å²) in [6.07, 6.45) is 5.70. The van der Waals surface area contributed by atoms with E-state index in [0.29, 0.717) is 13.0 Å². The Balaban J connectivity index is 1.63. The number of thiazole rings is 1. The molecule has 1 fully saturated rings. The molecule has 23 heavy (non-hydrogen) atoms. The maximum atomic E-state index is 12.6. The van der Waals surface area contributed by atoms with Gasteiger partial charge in [0.05, 0.1) is 23.2 Å². The van der Waals surface area contributed by atoms with E-state index in [2.05, 4.69) is 35.8 Å². The highest BCUT2D eigenvalue weighted by atomic mass is 32.1. The van der Waals surface area contributed by atoms with E-state index in [-0.39, 0.29) is 17.4 Å². The molecule has 124 valence electrons. The lowest BCUT2D eigenvalue weighted by Gasteiger charge is -2.32.